The van der Waals surface area contributed by atoms with Crippen molar-refractivity contribution >= 4 is 38.5 Å². The van der Waals surface area contributed by atoms with Crippen LogP contribution < -0.4 is 5.63 Å². The van der Waals surface area contributed by atoms with Crippen LogP contribution in [0.5, 0.6) is 5.75 Å². The average molecular weight is 380 g/mol. The maximum absolute atomic E-state index is 12.3. The molecule has 1 unspecified atom stereocenters. The van der Waals surface area contributed by atoms with Crippen LogP contribution in [0.4, 0.5) is 0 Å². The van der Waals surface area contributed by atoms with Gasteiger partial charge in [0.25, 0.3) is 0 Å². The third-order valence-electron chi connectivity index (χ3n) is 4.37. The lowest BCUT2D eigenvalue weighted by Gasteiger charge is -2.17. The molecule has 134 valence electrons. The van der Waals surface area contributed by atoms with E-state index in [-0.39, 0.29) is 17.3 Å². The summed E-state index contributed by atoms with van der Waals surface area (Å²) in [6, 6.07) is 5.94. The predicted molar refractivity (Wildman–Crippen MR) is 101 cm³/mol. The van der Waals surface area contributed by atoms with E-state index in [2.05, 4.69) is 0 Å². The maximum atomic E-state index is 12.3. The average Bonchev–Trinajstić information content (AvgIpc) is 3.10. The topological polar surface area (TPSA) is 76.7 Å². The van der Waals surface area contributed by atoms with Crippen LogP contribution in [0.15, 0.2) is 33.5 Å². The van der Waals surface area contributed by atoms with Gasteiger partial charge >= 0.3 is 11.6 Å². The molecule has 0 aliphatic carbocycles. The second-order valence-corrected chi connectivity index (χ2v) is 8.82. The molecule has 0 bridgehead atoms. The van der Waals surface area contributed by atoms with E-state index in [0.717, 1.165) is 12.8 Å². The highest BCUT2D eigenvalue weighted by Gasteiger charge is 2.26. The van der Waals surface area contributed by atoms with Crippen LogP contribution in [0.1, 0.15) is 37.2 Å². The molecule has 1 saturated heterocycles. The van der Waals surface area contributed by atoms with Gasteiger partial charge in [0.2, 0.25) is 0 Å². The molecule has 0 amide bonds. The summed E-state index contributed by atoms with van der Waals surface area (Å²) in [6.45, 7) is 0. The molecule has 5 nitrogen and oxygen atoms in total. The first-order valence-electron chi connectivity index (χ1n) is 8.21. The monoisotopic (exact) mass is 380 g/mol. The number of benzene rings is 1. The fourth-order valence-electron chi connectivity index (χ4n) is 3.12. The highest BCUT2D eigenvalue weighted by molar-refractivity contribution is 8.77. The number of phenols is 1. The van der Waals surface area contributed by atoms with Crippen molar-refractivity contribution in [2.45, 2.75) is 36.9 Å². The van der Waals surface area contributed by atoms with Gasteiger partial charge in [-0.1, -0.05) is 28.0 Å². The van der Waals surface area contributed by atoms with Gasteiger partial charge in [-0.05, 0) is 37.0 Å². The Morgan fingerprint density at radius 1 is 1.44 bits per heavy atom. The van der Waals surface area contributed by atoms with Crippen molar-refractivity contribution < 1.29 is 19.1 Å². The van der Waals surface area contributed by atoms with E-state index in [0.29, 0.717) is 22.6 Å². The normalized spacial score (nSPS) is 18.4. The van der Waals surface area contributed by atoms with E-state index < -0.39 is 11.5 Å². The van der Waals surface area contributed by atoms with Gasteiger partial charge in [0.15, 0.2) is 0 Å². The fourth-order valence-corrected chi connectivity index (χ4v) is 6.15. The van der Waals surface area contributed by atoms with Gasteiger partial charge in [0.1, 0.15) is 11.3 Å². The Bertz CT molecular complexity index is 811. The highest BCUT2D eigenvalue weighted by Crippen LogP contribution is 2.40. The SMILES string of the molecule is COC(=O)C(CCC[C@@H]1CCSS1)c1cc(=O)oc2cc(O)ccc12. The zero-order valence-corrected chi connectivity index (χ0v) is 15.5. The summed E-state index contributed by atoms with van der Waals surface area (Å²) in [5, 5.41) is 10.9. The van der Waals surface area contributed by atoms with Gasteiger partial charge < -0.3 is 14.3 Å². The third kappa shape index (κ3) is 4.33. The molecule has 0 radical (unpaired) electrons. The van der Waals surface area contributed by atoms with Crippen molar-refractivity contribution in [2.75, 3.05) is 12.9 Å². The first kappa shape index (κ1) is 18.2. The number of phenolic OH excluding ortho intramolecular Hbond substituents is 1. The number of ether oxygens (including phenoxy) is 1. The lowest BCUT2D eigenvalue weighted by Crippen LogP contribution is -2.17. The zero-order chi connectivity index (χ0) is 17.8. The van der Waals surface area contributed by atoms with Crippen LogP contribution in [-0.4, -0.2) is 29.2 Å². The molecule has 2 atom stereocenters. The first-order valence-corrected chi connectivity index (χ1v) is 10.6. The minimum Gasteiger partial charge on any atom is -0.508 e. The number of carbonyl (C=O) groups excluding carboxylic acids is 1. The van der Waals surface area contributed by atoms with E-state index in [1.807, 2.05) is 21.6 Å². The molecule has 2 heterocycles. The standard InChI is InChI=1S/C18H20O5S2/c1-22-18(21)14(4-2-3-12-7-8-24-25-12)15-10-17(20)23-16-9-11(19)5-6-13(15)16/h5-6,9-10,12,14,19H,2-4,7-8H2,1H3/t12-,14?/m1/s1. The summed E-state index contributed by atoms with van der Waals surface area (Å²) in [6.07, 6.45) is 3.76. The van der Waals surface area contributed by atoms with Gasteiger partial charge in [0.05, 0.1) is 13.0 Å². The van der Waals surface area contributed by atoms with E-state index in [1.165, 1.54) is 37.5 Å². The molecule has 3 rings (SSSR count). The van der Waals surface area contributed by atoms with Gasteiger partial charge in [-0.3, -0.25) is 4.79 Å². The second-order valence-electron chi connectivity index (χ2n) is 6.04. The lowest BCUT2D eigenvalue weighted by molar-refractivity contribution is -0.142. The number of methoxy groups -OCH3 is 1. The maximum Gasteiger partial charge on any atom is 0.336 e. The molecular weight excluding hydrogens is 360 g/mol. The summed E-state index contributed by atoms with van der Waals surface area (Å²) in [5.74, 6) is 0.329. The summed E-state index contributed by atoms with van der Waals surface area (Å²) in [4.78, 5) is 24.3. The van der Waals surface area contributed by atoms with Gasteiger partial charge in [-0.25, -0.2) is 4.79 Å². The van der Waals surface area contributed by atoms with E-state index in [9.17, 15) is 14.7 Å². The lowest BCUT2D eigenvalue weighted by atomic mass is 9.91. The van der Waals surface area contributed by atoms with Crippen molar-refractivity contribution in [1.82, 2.24) is 0 Å². The Morgan fingerprint density at radius 3 is 3.00 bits per heavy atom. The number of fused-ring (bicyclic) bond motifs is 1. The summed E-state index contributed by atoms with van der Waals surface area (Å²) >= 11 is 0. The Labute approximate surface area is 153 Å². The number of esters is 1. The molecule has 1 N–H and O–H groups in total. The van der Waals surface area contributed by atoms with Crippen LogP contribution in [0.25, 0.3) is 11.0 Å². The van der Waals surface area contributed by atoms with Crippen molar-refractivity contribution in [3.05, 3.63) is 40.2 Å². The van der Waals surface area contributed by atoms with Crippen molar-refractivity contribution in [1.29, 1.82) is 0 Å². The summed E-state index contributed by atoms with van der Waals surface area (Å²) < 4.78 is 10.1. The van der Waals surface area contributed by atoms with Crippen molar-refractivity contribution in [3.8, 4) is 5.75 Å². The van der Waals surface area contributed by atoms with Crippen LogP contribution in [-0.2, 0) is 9.53 Å². The van der Waals surface area contributed by atoms with Crippen molar-refractivity contribution in [2.24, 2.45) is 0 Å². The second kappa shape index (κ2) is 8.19. The van der Waals surface area contributed by atoms with Gasteiger partial charge in [0, 0.05) is 28.5 Å². The smallest absolute Gasteiger partial charge is 0.336 e. The van der Waals surface area contributed by atoms with Gasteiger partial charge in [-0.15, -0.1) is 0 Å². The Hall–Kier alpha value is -1.60. The number of carbonyl (C=O) groups is 1. The highest BCUT2D eigenvalue weighted by atomic mass is 33.1. The summed E-state index contributed by atoms with van der Waals surface area (Å²) in [5.41, 5.74) is 0.343. The third-order valence-corrected chi connectivity index (χ3v) is 7.37. The largest absolute Gasteiger partial charge is 0.508 e. The molecule has 25 heavy (non-hydrogen) atoms. The fraction of sp³-hybridized carbons (Fsp3) is 0.444. The van der Waals surface area contributed by atoms with E-state index in [1.54, 1.807) is 6.07 Å². The molecule has 2 aromatic rings. The van der Waals surface area contributed by atoms with Gasteiger partial charge in [-0.2, -0.15) is 0 Å². The minimum atomic E-state index is -0.537. The molecule has 1 fully saturated rings. The van der Waals surface area contributed by atoms with Crippen LogP contribution >= 0.6 is 21.6 Å². The van der Waals surface area contributed by atoms with Crippen LogP contribution in [0.3, 0.4) is 0 Å². The van der Waals surface area contributed by atoms with Crippen LogP contribution in [0, 0.1) is 0 Å². The quantitative estimate of drug-likeness (QED) is 0.460. The summed E-state index contributed by atoms with van der Waals surface area (Å²) in [7, 11) is 5.18. The van der Waals surface area contributed by atoms with E-state index >= 15 is 0 Å². The Kier molecular flexibility index (Phi) is 5.96. The first-order chi connectivity index (χ1) is 12.1. The predicted octanol–water partition coefficient (Wildman–Crippen LogP) is 4.08. The minimum absolute atomic E-state index is 0.0122. The number of hydrogen-bond acceptors (Lipinski definition) is 7. The Morgan fingerprint density at radius 2 is 2.28 bits per heavy atom. The molecule has 1 aromatic heterocycles. The molecule has 1 aromatic carbocycles. The molecule has 0 saturated carbocycles. The molecular formula is C18H20O5S2. The number of hydrogen-bond donors (Lipinski definition) is 1. The number of rotatable bonds is 6. The molecule has 1 aliphatic rings. The van der Waals surface area contributed by atoms with Crippen molar-refractivity contribution in [3.63, 3.8) is 0 Å². The zero-order valence-electron chi connectivity index (χ0n) is 13.9. The van der Waals surface area contributed by atoms with E-state index in [4.69, 9.17) is 9.15 Å². The molecule has 1 aliphatic heterocycles. The number of aromatic hydroxyl groups is 1. The van der Waals surface area contributed by atoms with Crippen LogP contribution in [0.2, 0.25) is 0 Å². The molecule has 7 heteroatoms. The molecule has 0 spiro atoms. The Balaban J connectivity index is 1.88.